The number of piperazine rings is 1. The molecule has 0 aromatic heterocycles. The van der Waals surface area contributed by atoms with Crippen molar-refractivity contribution in [1.82, 2.24) is 14.5 Å². The summed E-state index contributed by atoms with van der Waals surface area (Å²) < 4.78 is 46.7. The number of halogens is 1. The number of sulfonamides is 1. The number of benzene rings is 2. The smallest absolute Gasteiger partial charge is 0.240 e. The van der Waals surface area contributed by atoms with Crippen molar-refractivity contribution >= 4 is 15.7 Å². The van der Waals surface area contributed by atoms with Gasteiger partial charge >= 0.3 is 0 Å². The van der Waals surface area contributed by atoms with Crippen LogP contribution in [0.4, 0.5) is 10.1 Å². The Morgan fingerprint density at radius 1 is 1.00 bits per heavy atom. The highest BCUT2D eigenvalue weighted by Crippen LogP contribution is 2.37. The normalized spacial score (nSPS) is 27.2. The van der Waals surface area contributed by atoms with Gasteiger partial charge in [0.15, 0.2) is 0 Å². The van der Waals surface area contributed by atoms with Crippen LogP contribution in [0.2, 0.25) is 0 Å². The van der Waals surface area contributed by atoms with Crippen LogP contribution in [0.3, 0.4) is 0 Å². The third kappa shape index (κ3) is 5.63. The predicted octanol–water partition coefficient (Wildman–Crippen LogP) is 2.65. The average molecular weight is 503 g/mol. The number of fused-ring (bicyclic) bond motifs is 3. The molecule has 2 aromatic carbocycles. The van der Waals surface area contributed by atoms with Crippen molar-refractivity contribution in [3.63, 3.8) is 0 Å². The van der Waals surface area contributed by atoms with Crippen LogP contribution in [0.25, 0.3) is 0 Å². The molecule has 9 heteroatoms. The summed E-state index contributed by atoms with van der Waals surface area (Å²) in [6, 6.07) is 13.6. The largest absolute Gasteiger partial charge is 0.497 e. The van der Waals surface area contributed by atoms with Crippen LogP contribution in [0.15, 0.2) is 53.4 Å². The summed E-state index contributed by atoms with van der Waals surface area (Å²) in [5.41, 5.74) is 1.09. The summed E-state index contributed by atoms with van der Waals surface area (Å²) in [6.07, 6.45) is 2.24. The fourth-order valence-electron chi connectivity index (χ4n) is 5.88. The molecule has 4 aliphatic heterocycles. The lowest BCUT2D eigenvalue weighted by molar-refractivity contribution is -0.0107. The molecule has 2 bridgehead atoms. The molecule has 4 saturated heterocycles. The van der Waals surface area contributed by atoms with Gasteiger partial charge in [-0.15, -0.1) is 0 Å². The molecule has 1 N–H and O–H groups in total. The van der Waals surface area contributed by atoms with E-state index in [0.29, 0.717) is 24.1 Å². The number of nitrogens with zero attached hydrogens (tertiary/aromatic N) is 3. The van der Waals surface area contributed by atoms with E-state index in [0.717, 1.165) is 57.9 Å². The van der Waals surface area contributed by atoms with Crippen LogP contribution in [0.1, 0.15) is 12.8 Å². The molecular weight excluding hydrogens is 467 g/mol. The van der Waals surface area contributed by atoms with E-state index in [2.05, 4.69) is 19.4 Å². The zero-order valence-corrected chi connectivity index (χ0v) is 21.1. The molecule has 35 heavy (non-hydrogen) atoms. The Kier molecular flexibility index (Phi) is 7.29. The second kappa shape index (κ2) is 10.4. The fourth-order valence-corrected chi connectivity index (χ4v) is 6.96. The fraction of sp³-hybridized carbons (Fsp3) is 0.538. The first-order chi connectivity index (χ1) is 16.9. The predicted molar refractivity (Wildman–Crippen MR) is 135 cm³/mol. The number of ether oxygens (including phenoxy) is 1. The lowest BCUT2D eigenvalue weighted by Gasteiger charge is -2.51. The molecule has 4 heterocycles. The van der Waals surface area contributed by atoms with Gasteiger partial charge in [-0.1, -0.05) is 0 Å². The van der Waals surface area contributed by atoms with Crippen molar-refractivity contribution < 1.29 is 17.5 Å². The van der Waals surface area contributed by atoms with Crippen molar-refractivity contribution in [3.05, 3.63) is 54.3 Å². The molecular formula is C26H35FN4O3S. The Hall–Kier alpha value is -2.20. The molecule has 190 valence electrons. The SMILES string of the molecule is COc1ccc(S(=O)(=O)NC[C@H]2C[C@H]3CCN2C[C@@H]3CN2CCN(c3ccc(F)cc3)CC2)cc1. The van der Waals surface area contributed by atoms with Gasteiger partial charge < -0.3 is 9.64 Å². The van der Waals surface area contributed by atoms with E-state index in [1.165, 1.54) is 18.6 Å². The summed E-state index contributed by atoms with van der Waals surface area (Å²) in [4.78, 5) is 7.65. The molecule has 1 unspecified atom stereocenters. The van der Waals surface area contributed by atoms with Crippen LogP contribution in [-0.4, -0.2) is 83.7 Å². The first-order valence-corrected chi connectivity index (χ1v) is 14.0. The second-order valence-corrected chi connectivity index (χ2v) is 11.8. The molecule has 4 atom stereocenters. The summed E-state index contributed by atoms with van der Waals surface area (Å²) >= 11 is 0. The second-order valence-electron chi connectivity index (χ2n) is 9.98. The Morgan fingerprint density at radius 2 is 1.71 bits per heavy atom. The maximum absolute atomic E-state index is 13.2. The van der Waals surface area contributed by atoms with E-state index in [9.17, 15) is 12.8 Å². The zero-order chi connectivity index (χ0) is 24.4. The average Bonchev–Trinajstić information content (AvgIpc) is 2.89. The van der Waals surface area contributed by atoms with Gasteiger partial charge in [0, 0.05) is 57.5 Å². The molecule has 2 aromatic rings. The minimum atomic E-state index is -3.53. The van der Waals surface area contributed by atoms with Crippen molar-refractivity contribution in [1.29, 1.82) is 0 Å². The Labute approximate surface area is 207 Å². The number of hydrogen-bond donors (Lipinski definition) is 1. The van der Waals surface area contributed by atoms with Gasteiger partial charge in [-0.3, -0.25) is 9.80 Å². The van der Waals surface area contributed by atoms with E-state index >= 15 is 0 Å². The zero-order valence-electron chi connectivity index (χ0n) is 20.3. The quantitative estimate of drug-likeness (QED) is 0.599. The van der Waals surface area contributed by atoms with Crippen molar-refractivity contribution in [3.8, 4) is 5.75 Å². The first kappa shape index (κ1) is 24.5. The summed E-state index contributed by atoms with van der Waals surface area (Å²) in [5, 5.41) is 0. The van der Waals surface area contributed by atoms with Gasteiger partial charge in [-0.25, -0.2) is 17.5 Å². The Balaban J connectivity index is 1.10. The first-order valence-electron chi connectivity index (χ1n) is 12.5. The van der Waals surface area contributed by atoms with Gasteiger partial charge in [0.25, 0.3) is 0 Å². The van der Waals surface area contributed by atoms with Crippen molar-refractivity contribution in [2.24, 2.45) is 11.8 Å². The third-order valence-corrected chi connectivity index (χ3v) is 9.39. The maximum Gasteiger partial charge on any atom is 0.240 e. The molecule has 0 aliphatic carbocycles. The standard InChI is InChI=1S/C26H35FN4O3S/c1-34-25-6-8-26(9-7-25)35(32,33)28-17-24-16-20-10-11-31(24)19-21(20)18-29-12-14-30(15-13-29)23-4-2-22(27)3-5-23/h2-9,20-21,24,28H,10-19H2,1H3/t20-,21+,24-/m1/s1. The van der Waals surface area contributed by atoms with Crippen LogP contribution in [0, 0.1) is 17.7 Å². The lowest BCUT2D eigenvalue weighted by Crippen LogP contribution is -2.59. The van der Waals surface area contributed by atoms with E-state index in [4.69, 9.17) is 4.74 Å². The summed E-state index contributed by atoms with van der Waals surface area (Å²) in [7, 11) is -1.97. The monoisotopic (exact) mass is 502 g/mol. The Morgan fingerprint density at radius 3 is 2.34 bits per heavy atom. The molecule has 7 nitrogen and oxygen atoms in total. The minimum Gasteiger partial charge on any atom is -0.497 e. The molecule has 4 fully saturated rings. The molecule has 6 rings (SSSR count). The highest BCUT2D eigenvalue weighted by Gasteiger charge is 2.41. The van der Waals surface area contributed by atoms with Crippen LogP contribution in [-0.2, 0) is 10.0 Å². The molecule has 4 aliphatic rings. The number of rotatable bonds is 8. The number of methoxy groups -OCH3 is 1. The van der Waals surface area contributed by atoms with E-state index < -0.39 is 10.0 Å². The van der Waals surface area contributed by atoms with Crippen LogP contribution >= 0.6 is 0 Å². The lowest BCUT2D eigenvalue weighted by atomic mass is 9.75. The van der Waals surface area contributed by atoms with Crippen molar-refractivity contribution in [2.75, 3.05) is 64.4 Å². The van der Waals surface area contributed by atoms with E-state index in [1.807, 2.05) is 12.1 Å². The van der Waals surface area contributed by atoms with Gasteiger partial charge in [-0.05, 0) is 79.8 Å². The number of piperidine rings is 3. The van der Waals surface area contributed by atoms with E-state index in [1.54, 1.807) is 31.4 Å². The summed E-state index contributed by atoms with van der Waals surface area (Å²) in [5.74, 6) is 1.73. The third-order valence-electron chi connectivity index (χ3n) is 7.95. The highest BCUT2D eigenvalue weighted by molar-refractivity contribution is 7.89. The molecule has 0 spiro atoms. The number of hydrogen-bond acceptors (Lipinski definition) is 6. The summed E-state index contributed by atoms with van der Waals surface area (Å²) in [6.45, 7) is 7.60. The van der Waals surface area contributed by atoms with Crippen molar-refractivity contribution in [2.45, 2.75) is 23.8 Å². The van der Waals surface area contributed by atoms with Crippen LogP contribution in [0.5, 0.6) is 5.75 Å². The van der Waals surface area contributed by atoms with Crippen LogP contribution < -0.4 is 14.4 Å². The number of nitrogens with one attached hydrogen (secondary N) is 1. The molecule has 0 radical (unpaired) electrons. The molecule has 0 saturated carbocycles. The molecule has 0 amide bonds. The number of anilines is 1. The minimum absolute atomic E-state index is 0.193. The maximum atomic E-state index is 13.2. The highest BCUT2D eigenvalue weighted by atomic mass is 32.2. The van der Waals surface area contributed by atoms with Gasteiger partial charge in [0.1, 0.15) is 11.6 Å². The van der Waals surface area contributed by atoms with Gasteiger partial charge in [0.2, 0.25) is 10.0 Å². The van der Waals surface area contributed by atoms with Gasteiger partial charge in [-0.2, -0.15) is 0 Å². The van der Waals surface area contributed by atoms with Gasteiger partial charge in [0.05, 0.1) is 12.0 Å². The topological polar surface area (TPSA) is 65.1 Å². The van der Waals surface area contributed by atoms with E-state index in [-0.39, 0.29) is 16.8 Å². The Bertz CT molecular complexity index is 1090.